The van der Waals surface area contributed by atoms with Crippen LogP contribution in [0.1, 0.15) is 24.2 Å². The second kappa shape index (κ2) is 10.3. The van der Waals surface area contributed by atoms with E-state index < -0.39 is 0 Å². The molecule has 30 heavy (non-hydrogen) atoms. The molecule has 7 nitrogen and oxygen atoms in total. The summed E-state index contributed by atoms with van der Waals surface area (Å²) in [4.78, 5) is 17.8. The van der Waals surface area contributed by atoms with Crippen molar-refractivity contribution in [2.75, 3.05) is 34.0 Å². The molecule has 0 aliphatic heterocycles. The molecule has 0 fully saturated rings. The highest BCUT2D eigenvalue weighted by Gasteiger charge is 2.14. The van der Waals surface area contributed by atoms with Gasteiger partial charge < -0.3 is 23.5 Å². The van der Waals surface area contributed by atoms with Crippen molar-refractivity contribution in [1.82, 2.24) is 4.57 Å². The van der Waals surface area contributed by atoms with E-state index in [2.05, 4.69) is 4.99 Å². The summed E-state index contributed by atoms with van der Waals surface area (Å²) in [5.41, 5.74) is 1.41. The normalized spacial score (nSPS) is 11.7. The van der Waals surface area contributed by atoms with Crippen LogP contribution in [0.25, 0.3) is 10.2 Å². The number of nitrogens with zero attached hydrogens (tertiary/aromatic N) is 2. The highest BCUT2D eigenvalue weighted by molar-refractivity contribution is 7.16. The number of ether oxygens (including phenoxy) is 4. The molecule has 0 spiro atoms. The smallest absolute Gasteiger partial charge is 0.279 e. The number of aromatic nitrogens is 1. The Morgan fingerprint density at radius 3 is 2.37 bits per heavy atom. The molecule has 0 unspecified atom stereocenters. The average Bonchev–Trinajstić information content (AvgIpc) is 3.09. The van der Waals surface area contributed by atoms with Crippen LogP contribution in [0.5, 0.6) is 17.2 Å². The van der Waals surface area contributed by atoms with Crippen molar-refractivity contribution >= 4 is 27.5 Å². The zero-order chi connectivity index (χ0) is 21.5. The molecule has 1 amide bonds. The SMILES string of the molecule is CCOCCn1c(=NC(=O)c2ccc(OCC)cc2)sc2cc(OC)c(OC)cc21. The summed E-state index contributed by atoms with van der Waals surface area (Å²) in [5, 5.41) is 0. The average molecular weight is 431 g/mol. The Bertz CT molecular complexity index is 1070. The van der Waals surface area contributed by atoms with Crippen LogP contribution in [0.3, 0.4) is 0 Å². The molecule has 1 aromatic heterocycles. The van der Waals surface area contributed by atoms with Crippen LogP contribution < -0.4 is 19.0 Å². The summed E-state index contributed by atoms with van der Waals surface area (Å²) < 4.78 is 24.7. The molecule has 160 valence electrons. The molecule has 0 atom stereocenters. The summed E-state index contributed by atoms with van der Waals surface area (Å²) >= 11 is 1.42. The fourth-order valence-corrected chi connectivity index (χ4v) is 4.07. The number of amides is 1. The summed E-state index contributed by atoms with van der Waals surface area (Å²) in [6.45, 7) is 6.15. The van der Waals surface area contributed by atoms with Crippen LogP contribution in [0.2, 0.25) is 0 Å². The molecule has 0 aliphatic carbocycles. The van der Waals surface area contributed by atoms with E-state index in [1.807, 2.05) is 30.5 Å². The maximum Gasteiger partial charge on any atom is 0.279 e. The fourth-order valence-electron chi connectivity index (χ4n) is 3.01. The Labute approximate surface area is 179 Å². The van der Waals surface area contributed by atoms with Crippen molar-refractivity contribution in [3.63, 3.8) is 0 Å². The van der Waals surface area contributed by atoms with Gasteiger partial charge in [-0.3, -0.25) is 4.79 Å². The van der Waals surface area contributed by atoms with Gasteiger partial charge in [0.2, 0.25) is 0 Å². The van der Waals surface area contributed by atoms with Crippen LogP contribution in [-0.2, 0) is 11.3 Å². The molecule has 8 heteroatoms. The number of rotatable bonds is 9. The first-order valence-corrected chi connectivity index (χ1v) is 10.6. The van der Waals surface area contributed by atoms with E-state index in [4.69, 9.17) is 18.9 Å². The van der Waals surface area contributed by atoms with Gasteiger partial charge >= 0.3 is 0 Å². The topological polar surface area (TPSA) is 71.3 Å². The number of methoxy groups -OCH3 is 2. The zero-order valence-corrected chi connectivity index (χ0v) is 18.5. The van der Waals surface area contributed by atoms with Crippen molar-refractivity contribution in [1.29, 1.82) is 0 Å². The van der Waals surface area contributed by atoms with Crippen LogP contribution in [0.15, 0.2) is 41.4 Å². The van der Waals surface area contributed by atoms with E-state index >= 15 is 0 Å². The van der Waals surface area contributed by atoms with Gasteiger partial charge in [-0.25, -0.2) is 0 Å². The summed E-state index contributed by atoms with van der Waals surface area (Å²) in [6.07, 6.45) is 0. The van der Waals surface area contributed by atoms with E-state index in [0.29, 0.717) is 48.2 Å². The third kappa shape index (κ3) is 4.83. The van der Waals surface area contributed by atoms with Crippen LogP contribution in [0, 0.1) is 0 Å². The molecule has 1 heterocycles. The number of carbonyl (C=O) groups excluding carboxylic acids is 1. The minimum absolute atomic E-state index is 0.311. The van der Waals surface area contributed by atoms with Crippen LogP contribution in [-0.4, -0.2) is 44.5 Å². The van der Waals surface area contributed by atoms with E-state index in [-0.39, 0.29) is 5.91 Å². The van der Waals surface area contributed by atoms with E-state index in [1.165, 1.54) is 11.3 Å². The predicted molar refractivity (Wildman–Crippen MR) is 117 cm³/mol. The standard InChI is InChI=1S/C22H26N2O5S/c1-5-28-12-11-24-17-13-18(26-3)19(27-4)14-20(17)30-22(24)23-21(25)15-7-9-16(10-8-15)29-6-2/h7-10,13-14H,5-6,11-12H2,1-4H3. The van der Waals surface area contributed by atoms with E-state index in [0.717, 1.165) is 16.0 Å². The zero-order valence-electron chi connectivity index (χ0n) is 17.6. The number of thiazole rings is 1. The Hall–Kier alpha value is -2.84. The minimum atomic E-state index is -0.311. The van der Waals surface area contributed by atoms with Gasteiger partial charge in [0.1, 0.15) is 5.75 Å². The number of carbonyl (C=O) groups is 1. The van der Waals surface area contributed by atoms with E-state index in [1.54, 1.807) is 38.5 Å². The van der Waals surface area contributed by atoms with Gasteiger partial charge in [-0.1, -0.05) is 11.3 Å². The lowest BCUT2D eigenvalue weighted by molar-refractivity contribution is 0.0996. The molecule has 0 aliphatic rings. The molecular formula is C22H26N2O5S. The summed E-state index contributed by atoms with van der Waals surface area (Å²) in [7, 11) is 3.20. The van der Waals surface area contributed by atoms with E-state index in [9.17, 15) is 4.79 Å². The van der Waals surface area contributed by atoms with Crippen LogP contribution >= 0.6 is 11.3 Å². The number of benzene rings is 2. The molecular weight excluding hydrogens is 404 g/mol. The summed E-state index contributed by atoms with van der Waals surface area (Å²) in [6, 6.07) is 10.8. The molecule has 0 radical (unpaired) electrons. The predicted octanol–water partition coefficient (Wildman–Crippen LogP) is 3.90. The molecule has 2 aromatic carbocycles. The Morgan fingerprint density at radius 2 is 1.73 bits per heavy atom. The molecule has 3 aromatic rings. The van der Waals surface area contributed by atoms with Crippen LogP contribution in [0.4, 0.5) is 0 Å². The van der Waals surface area contributed by atoms with Gasteiger partial charge in [-0.2, -0.15) is 4.99 Å². The molecule has 3 rings (SSSR count). The van der Waals surface area contributed by atoms with Gasteiger partial charge in [0.15, 0.2) is 16.3 Å². The van der Waals surface area contributed by atoms with Crippen molar-refractivity contribution in [2.24, 2.45) is 4.99 Å². The Balaban J connectivity index is 2.05. The maximum atomic E-state index is 12.8. The molecule has 0 saturated heterocycles. The first kappa shape index (κ1) is 21.9. The van der Waals surface area contributed by atoms with Gasteiger partial charge in [0.05, 0.1) is 37.6 Å². The fraction of sp³-hybridized carbons (Fsp3) is 0.364. The lowest BCUT2D eigenvalue weighted by Crippen LogP contribution is -2.19. The quantitative estimate of drug-likeness (QED) is 0.482. The Morgan fingerprint density at radius 1 is 1.03 bits per heavy atom. The lowest BCUT2D eigenvalue weighted by atomic mass is 10.2. The molecule has 0 N–H and O–H groups in total. The molecule has 0 bridgehead atoms. The van der Waals surface area contributed by atoms with Crippen molar-refractivity contribution in [3.8, 4) is 17.2 Å². The highest BCUT2D eigenvalue weighted by atomic mass is 32.1. The Kier molecular flexibility index (Phi) is 7.48. The third-order valence-corrected chi connectivity index (χ3v) is 5.50. The first-order valence-electron chi connectivity index (χ1n) is 9.76. The number of fused-ring (bicyclic) bond motifs is 1. The van der Waals surface area contributed by atoms with Gasteiger partial charge in [-0.15, -0.1) is 0 Å². The van der Waals surface area contributed by atoms with Crippen molar-refractivity contribution in [2.45, 2.75) is 20.4 Å². The van der Waals surface area contributed by atoms with Gasteiger partial charge in [-0.05, 0) is 38.1 Å². The maximum absolute atomic E-state index is 12.8. The monoisotopic (exact) mass is 430 g/mol. The number of hydrogen-bond donors (Lipinski definition) is 0. The first-order chi connectivity index (χ1) is 14.6. The lowest BCUT2D eigenvalue weighted by Gasteiger charge is -2.09. The largest absolute Gasteiger partial charge is 0.494 e. The second-order valence-electron chi connectivity index (χ2n) is 6.28. The highest BCUT2D eigenvalue weighted by Crippen LogP contribution is 2.33. The number of hydrogen-bond acceptors (Lipinski definition) is 6. The third-order valence-electron chi connectivity index (χ3n) is 4.46. The second-order valence-corrected chi connectivity index (χ2v) is 7.29. The molecule has 0 saturated carbocycles. The van der Waals surface area contributed by atoms with Crippen molar-refractivity contribution < 1.29 is 23.7 Å². The van der Waals surface area contributed by atoms with Gasteiger partial charge in [0, 0.05) is 30.8 Å². The van der Waals surface area contributed by atoms with Gasteiger partial charge in [0.25, 0.3) is 5.91 Å². The minimum Gasteiger partial charge on any atom is -0.494 e. The van der Waals surface area contributed by atoms with Crippen molar-refractivity contribution in [3.05, 3.63) is 46.8 Å². The summed E-state index contributed by atoms with van der Waals surface area (Å²) in [5.74, 6) is 1.67.